The third kappa shape index (κ3) is 12.2. The van der Waals surface area contributed by atoms with Crippen LogP contribution in [-0.2, 0) is 9.84 Å². The van der Waals surface area contributed by atoms with Gasteiger partial charge in [-0.1, -0.05) is 70.8 Å². The number of hydrogen-bond acceptors (Lipinski definition) is 2. The molecule has 0 unspecified atom stereocenters. The average Bonchev–Trinajstić information content (AvgIpc) is 2.31. The van der Waals surface area contributed by atoms with E-state index in [0.29, 0.717) is 5.75 Å². The first kappa shape index (κ1) is 17.7. The van der Waals surface area contributed by atoms with Crippen LogP contribution >= 0.6 is 0 Å². The van der Waals surface area contributed by atoms with Crippen LogP contribution in [0.2, 0.25) is 0 Å². The van der Waals surface area contributed by atoms with E-state index in [1.165, 1.54) is 57.4 Å². The molecule has 0 aliphatic carbocycles. The maximum atomic E-state index is 11.4. The Morgan fingerprint density at radius 2 is 1.28 bits per heavy atom. The summed E-state index contributed by atoms with van der Waals surface area (Å²) in [7, 11) is -2.86. The normalized spacial score (nSPS) is 11.6. The van der Waals surface area contributed by atoms with E-state index >= 15 is 0 Å². The van der Waals surface area contributed by atoms with Gasteiger partial charge in [0.2, 0.25) is 0 Å². The Labute approximate surface area is 114 Å². The molecule has 0 saturated heterocycles. The summed E-state index contributed by atoms with van der Waals surface area (Å²) in [6, 6.07) is 0. The molecule has 0 rings (SSSR count). The highest BCUT2D eigenvalue weighted by atomic mass is 32.2. The van der Waals surface area contributed by atoms with Gasteiger partial charge in [-0.2, -0.15) is 0 Å². The molecule has 0 fully saturated rings. The number of rotatable bonds is 13. The lowest BCUT2D eigenvalue weighted by Gasteiger charge is -2.03. The van der Waals surface area contributed by atoms with Crippen molar-refractivity contribution in [3.63, 3.8) is 0 Å². The van der Waals surface area contributed by atoms with E-state index in [2.05, 4.69) is 13.5 Å². The first-order valence-corrected chi connectivity index (χ1v) is 9.26. The second-order valence-electron chi connectivity index (χ2n) is 5.09. The fourth-order valence-corrected chi connectivity index (χ4v) is 3.24. The molecule has 0 heterocycles. The Bertz CT molecular complexity index is 281. The molecule has 3 heteroatoms. The van der Waals surface area contributed by atoms with Crippen LogP contribution in [-0.4, -0.2) is 19.9 Å². The van der Waals surface area contributed by atoms with Gasteiger partial charge in [-0.15, -0.1) is 6.58 Å². The molecule has 0 bridgehead atoms. The zero-order valence-corrected chi connectivity index (χ0v) is 12.8. The van der Waals surface area contributed by atoms with Crippen molar-refractivity contribution < 1.29 is 8.42 Å². The minimum Gasteiger partial charge on any atom is -0.229 e. The minimum atomic E-state index is -2.86. The van der Waals surface area contributed by atoms with Crippen LogP contribution in [0.15, 0.2) is 12.7 Å². The largest absolute Gasteiger partial charge is 0.229 e. The highest BCUT2D eigenvalue weighted by molar-refractivity contribution is 7.91. The van der Waals surface area contributed by atoms with Crippen LogP contribution in [0.5, 0.6) is 0 Å². The molecule has 0 spiro atoms. The Morgan fingerprint density at radius 3 is 1.72 bits per heavy atom. The van der Waals surface area contributed by atoms with Crippen molar-refractivity contribution in [3.05, 3.63) is 12.7 Å². The van der Waals surface area contributed by atoms with Gasteiger partial charge in [-0.25, -0.2) is 8.42 Å². The first-order chi connectivity index (χ1) is 8.62. The van der Waals surface area contributed by atoms with Crippen molar-refractivity contribution in [1.29, 1.82) is 0 Å². The lowest BCUT2D eigenvalue weighted by molar-refractivity contribution is 0.558. The zero-order valence-electron chi connectivity index (χ0n) is 12.0. The summed E-state index contributed by atoms with van der Waals surface area (Å²) in [6.45, 7) is 5.70. The SMILES string of the molecule is C=CCS(=O)(=O)CCCCCCCCCCCC. The van der Waals surface area contributed by atoms with Crippen molar-refractivity contribution in [2.45, 2.75) is 71.1 Å². The van der Waals surface area contributed by atoms with Crippen LogP contribution in [0, 0.1) is 0 Å². The smallest absolute Gasteiger partial charge is 0.153 e. The molecule has 0 amide bonds. The third-order valence-corrected chi connectivity index (χ3v) is 4.83. The van der Waals surface area contributed by atoms with Crippen LogP contribution in [0.3, 0.4) is 0 Å². The number of sulfone groups is 1. The summed E-state index contributed by atoms with van der Waals surface area (Å²) in [5.41, 5.74) is 0. The van der Waals surface area contributed by atoms with Gasteiger partial charge in [-0.3, -0.25) is 0 Å². The van der Waals surface area contributed by atoms with Gasteiger partial charge >= 0.3 is 0 Å². The Balaban J connectivity index is 3.23. The van der Waals surface area contributed by atoms with Gasteiger partial charge < -0.3 is 0 Å². The van der Waals surface area contributed by atoms with E-state index in [9.17, 15) is 8.42 Å². The second kappa shape index (κ2) is 11.8. The molecular weight excluding hydrogens is 244 g/mol. The quantitative estimate of drug-likeness (QED) is 0.366. The molecule has 18 heavy (non-hydrogen) atoms. The predicted molar refractivity (Wildman–Crippen MR) is 80.7 cm³/mol. The van der Waals surface area contributed by atoms with Crippen molar-refractivity contribution in [2.75, 3.05) is 11.5 Å². The summed E-state index contributed by atoms with van der Waals surface area (Å²) in [5.74, 6) is 0.458. The molecule has 0 aliphatic rings. The lowest BCUT2D eigenvalue weighted by atomic mass is 10.1. The monoisotopic (exact) mass is 274 g/mol. The predicted octanol–water partition coefficient (Wildman–Crippen LogP) is 4.51. The Morgan fingerprint density at radius 1 is 0.833 bits per heavy atom. The van der Waals surface area contributed by atoms with E-state index in [-0.39, 0.29) is 5.75 Å². The van der Waals surface area contributed by atoms with Gasteiger partial charge in [0.15, 0.2) is 9.84 Å². The minimum absolute atomic E-state index is 0.129. The first-order valence-electron chi connectivity index (χ1n) is 7.43. The molecule has 2 nitrogen and oxygen atoms in total. The average molecular weight is 274 g/mol. The molecule has 0 aromatic rings. The highest BCUT2D eigenvalue weighted by Gasteiger charge is 2.06. The molecule has 0 atom stereocenters. The molecule has 0 N–H and O–H groups in total. The molecular formula is C15H30O2S. The molecule has 0 radical (unpaired) electrons. The molecule has 0 aromatic carbocycles. The van der Waals surface area contributed by atoms with Gasteiger partial charge in [0.1, 0.15) is 0 Å². The fourth-order valence-electron chi connectivity index (χ4n) is 2.07. The molecule has 0 saturated carbocycles. The Hall–Kier alpha value is -0.310. The van der Waals surface area contributed by atoms with E-state index in [0.717, 1.165) is 12.8 Å². The maximum Gasteiger partial charge on any atom is 0.153 e. The Kier molecular flexibility index (Phi) is 11.6. The van der Waals surface area contributed by atoms with E-state index < -0.39 is 9.84 Å². The summed E-state index contributed by atoms with van der Waals surface area (Å²) in [6.07, 6.45) is 13.8. The van der Waals surface area contributed by atoms with E-state index in [1.54, 1.807) is 0 Å². The van der Waals surface area contributed by atoms with Crippen LogP contribution in [0.25, 0.3) is 0 Å². The zero-order chi connectivity index (χ0) is 13.7. The van der Waals surface area contributed by atoms with E-state index in [4.69, 9.17) is 0 Å². The number of hydrogen-bond donors (Lipinski definition) is 0. The summed E-state index contributed by atoms with van der Waals surface area (Å²) >= 11 is 0. The van der Waals surface area contributed by atoms with Crippen molar-refractivity contribution in [1.82, 2.24) is 0 Å². The van der Waals surface area contributed by atoms with Crippen molar-refractivity contribution in [2.24, 2.45) is 0 Å². The molecule has 0 aliphatic heterocycles. The van der Waals surface area contributed by atoms with E-state index in [1.807, 2.05) is 0 Å². The standard InChI is InChI=1S/C15H30O2S/c1-3-5-6-7-8-9-10-11-12-13-15-18(16,17)14-4-2/h4H,2-3,5-15H2,1H3. The van der Waals surface area contributed by atoms with Crippen LogP contribution < -0.4 is 0 Å². The molecule has 108 valence electrons. The third-order valence-electron chi connectivity index (χ3n) is 3.18. The van der Waals surface area contributed by atoms with Crippen LogP contribution in [0.1, 0.15) is 71.1 Å². The van der Waals surface area contributed by atoms with Gasteiger partial charge in [-0.05, 0) is 6.42 Å². The molecule has 0 aromatic heterocycles. The van der Waals surface area contributed by atoms with Crippen molar-refractivity contribution in [3.8, 4) is 0 Å². The van der Waals surface area contributed by atoms with Crippen LogP contribution in [0.4, 0.5) is 0 Å². The maximum absolute atomic E-state index is 11.4. The topological polar surface area (TPSA) is 34.1 Å². The summed E-state index contributed by atoms with van der Waals surface area (Å²) in [5, 5.41) is 0. The fraction of sp³-hybridized carbons (Fsp3) is 0.867. The van der Waals surface area contributed by atoms with Gasteiger partial charge in [0.25, 0.3) is 0 Å². The summed E-state index contributed by atoms with van der Waals surface area (Å²) < 4.78 is 22.8. The van der Waals surface area contributed by atoms with Gasteiger partial charge in [0.05, 0.1) is 11.5 Å². The second-order valence-corrected chi connectivity index (χ2v) is 7.31. The lowest BCUT2D eigenvalue weighted by Crippen LogP contribution is -2.09. The van der Waals surface area contributed by atoms with Gasteiger partial charge in [0, 0.05) is 0 Å². The summed E-state index contributed by atoms with van der Waals surface area (Å²) in [4.78, 5) is 0. The van der Waals surface area contributed by atoms with Crippen molar-refractivity contribution >= 4 is 9.84 Å². The number of unbranched alkanes of at least 4 members (excludes halogenated alkanes) is 9. The highest BCUT2D eigenvalue weighted by Crippen LogP contribution is 2.11.